The molecule has 2 rings (SSSR count). The fraction of sp³-hybridized carbons (Fsp3) is 0.562. The molecule has 2 aromatic rings. The van der Waals surface area contributed by atoms with Crippen molar-refractivity contribution in [2.75, 3.05) is 12.9 Å². The van der Waals surface area contributed by atoms with Crippen molar-refractivity contribution in [1.82, 2.24) is 9.55 Å². The summed E-state index contributed by atoms with van der Waals surface area (Å²) in [6.45, 7) is 3.29. The standard InChI is InChI=1S/C16H24N2OS/c1-3-4-5-6-10-18-15-8-7-13(19-2)12-14(15)17-16(18)9-11-20/h7-8,12,20H,3-6,9-11H2,1-2H3. The third kappa shape index (κ3) is 3.48. The highest BCUT2D eigenvalue weighted by atomic mass is 32.1. The van der Waals surface area contributed by atoms with Gasteiger partial charge in [-0.15, -0.1) is 0 Å². The minimum Gasteiger partial charge on any atom is -0.497 e. The Balaban J connectivity index is 2.25. The van der Waals surface area contributed by atoms with E-state index in [2.05, 4.69) is 30.2 Å². The quantitative estimate of drug-likeness (QED) is 0.586. The topological polar surface area (TPSA) is 27.1 Å². The summed E-state index contributed by atoms with van der Waals surface area (Å²) in [7, 11) is 1.69. The molecule has 1 aromatic carbocycles. The van der Waals surface area contributed by atoms with E-state index in [1.165, 1.54) is 31.2 Å². The lowest BCUT2D eigenvalue weighted by Crippen LogP contribution is -2.05. The van der Waals surface area contributed by atoms with Crippen molar-refractivity contribution in [1.29, 1.82) is 0 Å². The number of hydrogen-bond acceptors (Lipinski definition) is 3. The van der Waals surface area contributed by atoms with Crippen molar-refractivity contribution in [3.8, 4) is 5.75 Å². The van der Waals surface area contributed by atoms with E-state index in [4.69, 9.17) is 9.72 Å². The number of nitrogens with zero attached hydrogens (tertiary/aromatic N) is 2. The summed E-state index contributed by atoms with van der Waals surface area (Å²) in [5.74, 6) is 2.83. The van der Waals surface area contributed by atoms with Crippen LogP contribution in [0.5, 0.6) is 5.75 Å². The highest BCUT2D eigenvalue weighted by Gasteiger charge is 2.10. The van der Waals surface area contributed by atoms with Crippen LogP contribution < -0.4 is 4.74 Å². The van der Waals surface area contributed by atoms with Crippen LogP contribution in [-0.2, 0) is 13.0 Å². The summed E-state index contributed by atoms with van der Waals surface area (Å²) in [5, 5.41) is 0. The summed E-state index contributed by atoms with van der Waals surface area (Å²) in [4.78, 5) is 4.74. The van der Waals surface area contributed by atoms with Crippen molar-refractivity contribution in [3.05, 3.63) is 24.0 Å². The van der Waals surface area contributed by atoms with Crippen molar-refractivity contribution in [2.45, 2.75) is 45.6 Å². The molecular formula is C16H24N2OS. The van der Waals surface area contributed by atoms with E-state index in [0.29, 0.717) is 0 Å². The second kappa shape index (κ2) is 7.58. The van der Waals surface area contributed by atoms with Crippen molar-refractivity contribution in [3.63, 3.8) is 0 Å². The number of thiol groups is 1. The number of aryl methyl sites for hydroxylation is 2. The molecule has 0 saturated carbocycles. The van der Waals surface area contributed by atoms with Crippen LogP contribution in [0.3, 0.4) is 0 Å². The van der Waals surface area contributed by atoms with Gasteiger partial charge in [0.25, 0.3) is 0 Å². The van der Waals surface area contributed by atoms with Gasteiger partial charge in [-0.3, -0.25) is 0 Å². The van der Waals surface area contributed by atoms with Gasteiger partial charge in [0.1, 0.15) is 11.6 Å². The molecule has 0 N–H and O–H groups in total. The summed E-state index contributed by atoms with van der Waals surface area (Å²) in [5.41, 5.74) is 2.23. The van der Waals surface area contributed by atoms with Crippen LogP contribution in [0.15, 0.2) is 18.2 Å². The third-order valence-corrected chi connectivity index (χ3v) is 3.83. The Morgan fingerprint density at radius 1 is 1.25 bits per heavy atom. The normalized spacial score (nSPS) is 11.2. The third-order valence-electron chi connectivity index (χ3n) is 3.61. The SMILES string of the molecule is CCCCCCn1c(CCS)nc2cc(OC)ccc21. The predicted molar refractivity (Wildman–Crippen MR) is 88.0 cm³/mol. The number of methoxy groups -OCH3 is 1. The first-order valence-electron chi connectivity index (χ1n) is 7.44. The Morgan fingerprint density at radius 2 is 2.10 bits per heavy atom. The monoisotopic (exact) mass is 292 g/mol. The molecule has 20 heavy (non-hydrogen) atoms. The first kappa shape index (κ1) is 15.2. The highest BCUT2D eigenvalue weighted by molar-refractivity contribution is 7.80. The van der Waals surface area contributed by atoms with Crippen molar-refractivity contribution < 1.29 is 4.74 Å². The van der Waals surface area contributed by atoms with Gasteiger partial charge in [-0.1, -0.05) is 26.2 Å². The highest BCUT2D eigenvalue weighted by Crippen LogP contribution is 2.23. The van der Waals surface area contributed by atoms with Crippen LogP contribution in [0.2, 0.25) is 0 Å². The van der Waals surface area contributed by atoms with Gasteiger partial charge in [-0.25, -0.2) is 4.98 Å². The molecule has 0 aliphatic rings. The Bertz CT molecular complexity index is 551. The molecular weight excluding hydrogens is 268 g/mol. The molecule has 0 bridgehead atoms. The molecule has 0 aliphatic carbocycles. The average Bonchev–Trinajstić information content (AvgIpc) is 2.80. The summed E-state index contributed by atoms with van der Waals surface area (Å²) in [6.07, 6.45) is 5.99. The molecule has 0 spiro atoms. The van der Waals surface area contributed by atoms with E-state index in [0.717, 1.165) is 35.8 Å². The molecule has 0 fully saturated rings. The van der Waals surface area contributed by atoms with Gasteiger partial charge in [0.15, 0.2) is 0 Å². The predicted octanol–water partition coefficient (Wildman–Crippen LogP) is 4.10. The lowest BCUT2D eigenvalue weighted by atomic mass is 10.2. The first-order valence-corrected chi connectivity index (χ1v) is 8.07. The number of unbranched alkanes of at least 4 members (excludes halogenated alkanes) is 3. The summed E-state index contributed by atoms with van der Waals surface area (Å²) in [6, 6.07) is 6.14. The van der Waals surface area contributed by atoms with Crippen LogP contribution in [0.1, 0.15) is 38.4 Å². The number of imidazole rings is 1. The van der Waals surface area contributed by atoms with E-state index in [9.17, 15) is 0 Å². The number of ether oxygens (including phenoxy) is 1. The second-order valence-corrected chi connectivity index (χ2v) is 5.52. The van der Waals surface area contributed by atoms with Crippen LogP contribution in [0.25, 0.3) is 11.0 Å². The number of fused-ring (bicyclic) bond motifs is 1. The molecule has 0 unspecified atom stereocenters. The molecule has 0 saturated heterocycles. The maximum atomic E-state index is 5.28. The minimum atomic E-state index is 0.829. The number of aromatic nitrogens is 2. The molecule has 1 heterocycles. The van der Waals surface area contributed by atoms with Crippen molar-refractivity contribution in [2.24, 2.45) is 0 Å². The Labute approximate surface area is 126 Å². The molecule has 0 aliphatic heterocycles. The van der Waals surface area contributed by atoms with Crippen LogP contribution in [0.4, 0.5) is 0 Å². The largest absolute Gasteiger partial charge is 0.497 e. The summed E-state index contributed by atoms with van der Waals surface area (Å²) < 4.78 is 7.63. The molecule has 0 radical (unpaired) electrons. The van der Waals surface area contributed by atoms with Gasteiger partial charge in [0, 0.05) is 19.0 Å². The van der Waals surface area contributed by atoms with Crippen LogP contribution >= 0.6 is 12.6 Å². The Hall–Kier alpha value is -1.16. The number of rotatable bonds is 8. The fourth-order valence-electron chi connectivity index (χ4n) is 2.52. The Morgan fingerprint density at radius 3 is 2.80 bits per heavy atom. The Kier molecular flexibility index (Phi) is 5.77. The number of benzene rings is 1. The van der Waals surface area contributed by atoms with Crippen molar-refractivity contribution >= 4 is 23.7 Å². The van der Waals surface area contributed by atoms with Gasteiger partial charge < -0.3 is 9.30 Å². The lowest BCUT2D eigenvalue weighted by molar-refractivity contribution is 0.415. The molecule has 4 heteroatoms. The van der Waals surface area contributed by atoms with Crippen LogP contribution in [0, 0.1) is 0 Å². The molecule has 0 amide bonds. The smallest absolute Gasteiger partial charge is 0.121 e. The van der Waals surface area contributed by atoms with Gasteiger partial charge in [0.2, 0.25) is 0 Å². The zero-order valence-corrected chi connectivity index (χ0v) is 13.3. The molecule has 0 atom stereocenters. The second-order valence-electron chi connectivity index (χ2n) is 5.07. The van der Waals surface area contributed by atoms with E-state index >= 15 is 0 Å². The minimum absolute atomic E-state index is 0.829. The number of hydrogen-bond donors (Lipinski definition) is 1. The van der Waals surface area contributed by atoms with Gasteiger partial charge in [-0.05, 0) is 24.3 Å². The zero-order valence-electron chi connectivity index (χ0n) is 12.4. The zero-order chi connectivity index (χ0) is 14.4. The van der Waals surface area contributed by atoms with E-state index in [1.54, 1.807) is 7.11 Å². The fourth-order valence-corrected chi connectivity index (χ4v) is 2.72. The van der Waals surface area contributed by atoms with E-state index in [1.807, 2.05) is 12.1 Å². The maximum Gasteiger partial charge on any atom is 0.121 e. The van der Waals surface area contributed by atoms with Crippen LogP contribution in [-0.4, -0.2) is 22.4 Å². The van der Waals surface area contributed by atoms with Gasteiger partial charge in [0.05, 0.1) is 18.1 Å². The van der Waals surface area contributed by atoms with E-state index in [-0.39, 0.29) is 0 Å². The lowest BCUT2D eigenvalue weighted by Gasteiger charge is -2.08. The molecule has 110 valence electrons. The summed E-state index contributed by atoms with van der Waals surface area (Å²) >= 11 is 4.35. The van der Waals surface area contributed by atoms with Gasteiger partial charge in [-0.2, -0.15) is 12.6 Å². The first-order chi connectivity index (χ1) is 9.80. The van der Waals surface area contributed by atoms with Gasteiger partial charge >= 0.3 is 0 Å². The van der Waals surface area contributed by atoms with E-state index < -0.39 is 0 Å². The maximum absolute atomic E-state index is 5.28. The average molecular weight is 292 g/mol. The molecule has 3 nitrogen and oxygen atoms in total. The molecule has 1 aromatic heterocycles.